The molecule has 1 aromatic rings. The first kappa shape index (κ1) is 19.4. The van der Waals surface area contributed by atoms with Gasteiger partial charge in [-0.2, -0.15) is 13.2 Å². The Morgan fingerprint density at radius 2 is 2.07 bits per heavy atom. The maximum atomic E-state index is 12.9. The molecule has 0 aromatic heterocycles. The third-order valence-electron chi connectivity index (χ3n) is 3.98. The Kier molecular flexibility index (Phi) is 5.25. The standard InChI is InChI=1S/C17H13ClF3N3O2S/c18-13-5-4-10(14(22)25)7-12(13)15-24(16(26)23-27-15)8-9-2-1-3-11(6-9)17(19,20)21/h1-6H,7-8H2,(H2,22,25)(H,23,26). The number of urea groups is 1. The van der Waals surface area contributed by atoms with E-state index >= 15 is 0 Å². The number of carbonyl (C=O) groups is 2. The number of nitrogens with one attached hydrogen (secondary N) is 1. The van der Waals surface area contributed by atoms with Gasteiger partial charge in [0.1, 0.15) is 5.03 Å². The monoisotopic (exact) mass is 415 g/mol. The average molecular weight is 416 g/mol. The minimum absolute atomic E-state index is 0.0820. The number of amides is 3. The van der Waals surface area contributed by atoms with Gasteiger partial charge in [0.05, 0.1) is 12.1 Å². The zero-order valence-corrected chi connectivity index (χ0v) is 15.2. The van der Waals surface area contributed by atoms with Crippen LogP contribution in [-0.2, 0) is 17.5 Å². The maximum absolute atomic E-state index is 12.9. The first-order valence-corrected chi connectivity index (χ1v) is 8.86. The topological polar surface area (TPSA) is 75.4 Å². The van der Waals surface area contributed by atoms with Gasteiger partial charge in [-0.3, -0.25) is 14.4 Å². The minimum atomic E-state index is -4.48. The largest absolute Gasteiger partial charge is 0.416 e. The highest BCUT2D eigenvalue weighted by molar-refractivity contribution is 8.02. The predicted octanol–water partition coefficient (Wildman–Crippen LogP) is 4.03. The highest BCUT2D eigenvalue weighted by Gasteiger charge is 2.33. The Morgan fingerprint density at radius 3 is 2.74 bits per heavy atom. The van der Waals surface area contributed by atoms with Gasteiger partial charge < -0.3 is 5.73 Å². The molecule has 0 unspecified atom stereocenters. The summed E-state index contributed by atoms with van der Waals surface area (Å²) in [6.45, 7) is -0.0820. The smallest absolute Gasteiger partial charge is 0.366 e. The van der Waals surface area contributed by atoms with Gasteiger partial charge in [0.25, 0.3) is 0 Å². The van der Waals surface area contributed by atoms with Gasteiger partial charge in [0.2, 0.25) is 5.91 Å². The first-order chi connectivity index (χ1) is 12.7. The molecule has 1 aromatic carbocycles. The van der Waals surface area contributed by atoms with Crippen molar-refractivity contribution < 1.29 is 22.8 Å². The number of nitrogens with zero attached hydrogens (tertiary/aromatic N) is 1. The third-order valence-corrected chi connectivity index (χ3v) is 5.27. The van der Waals surface area contributed by atoms with Crippen LogP contribution in [0.4, 0.5) is 18.0 Å². The summed E-state index contributed by atoms with van der Waals surface area (Å²) in [5.74, 6) is -0.611. The fourth-order valence-electron chi connectivity index (χ4n) is 2.65. The number of rotatable bonds is 3. The fourth-order valence-corrected chi connectivity index (χ4v) is 3.78. The second-order valence-corrected chi connectivity index (χ2v) is 7.03. The normalized spacial score (nSPS) is 20.3. The van der Waals surface area contributed by atoms with Crippen LogP contribution in [0.15, 0.2) is 57.6 Å². The molecule has 1 fully saturated rings. The van der Waals surface area contributed by atoms with Crippen molar-refractivity contribution in [2.24, 2.45) is 5.73 Å². The summed E-state index contributed by atoms with van der Waals surface area (Å²) >= 11 is 7.20. The minimum Gasteiger partial charge on any atom is -0.366 e. The molecule has 27 heavy (non-hydrogen) atoms. The Balaban J connectivity index is 1.93. The SMILES string of the molecule is NC(=O)C1=CC=C(Cl)C(=C2SNC(=O)N2Cc2cccc(C(F)(F)F)c2)C1. The lowest BCUT2D eigenvalue weighted by molar-refractivity contribution is -0.137. The van der Waals surface area contributed by atoms with Crippen LogP contribution in [0.5, 0.6) is 0 Å². The van der Waals surface area contributed by atoms with Gasteiger partial charge in [-0.15, -0.1) is 0 Å². The van der Waals surface area contributed by atoms with Crippen molar-refractivity contribution >= 4 is 35.5 Å². The number of carbonyl (C=O) groups excluding carboxylic acids is 2. The number of hydrogen-bond donors (Lipinski definition) is 2. The molecule has 1 heterocycles. The van der Waals surface area contributed by atoms with Crippen molar-refractivity contribution in [3.63, 3.8) is 0 Å². The molecule has 3 N–H and O–H groups in total. The van der Waals surface area contributed by atoms with Crippen molar-refractivity contribution in [3.05, 3.63) is 68.8 Å². The Labute approximate surface area is 161 Å². The molecule has 0 spiro atoms. The van der Waals surface area contributed by atoms with E-state index in [9.17, 15) is 22.8 Å². The molecule has 3 amide bonds. The molecule has 0 atom stereocenters. The van der Waals surface area contributed by atoms with Crippen molar-refractivity contribution in [3.8, 4) is 0 Å². The Morgan fingerprint density at radius 1 is 1.33 bits per heavy atom. The summed E-state index contributed by atoms with van der Waals surface area (Å²) in [6.07, 6.45) is -1.35. The molecule has 0 radical (unpaired) electrons. The first-order valence-electron chi connectivity index (χ1n) is 7.67. The van der Waals surface area contributed by atoms with Crippen LogP contribution in [0.25, 0.3) is 0 Å². The second kappa shape index (κ2) is 7.32. The zero-order valence-electron chi connectivity index (χ0n) is 13.6. The zero-order chi connectivity index (χ0) is 19.8. The number of nitrogens with two attached hydrogens (primary N) is 1. The quantitative estimate of drug-likeness (QED) is 0.732. The van der Waals surface area contributed by atoms with Gasteiger partial charge >= 0.3 is 12.2 Å². The molecule has 0 saturated carbocycles. The van der Waals surface area contributed by atoms with Crippen LogP contribution in [0.3, 0.4) is 0 Å². The van der Waals surface area contributed by atoms with E-state index < -0.39 is 23.7 Å². The summed E-state index contributed by atoms with van der Waals surface area (Å²) in [5, 5.41) is 0.749. The van der Waals surface area contributed by atoms with E-state index in [1.165, 1.54) is 29.2 Å². The highest BCUT2D eigenvalue weighted by Crippen LogP contribution is 2.39. The Hall–Kier alpha value is -2.39. The summed E-state index contributed by atoms with van der Waals surface area (Å²) in [5.41, 5.74) is 5.64. The van der Waals surface area contributed by atoms with Gasteiger partial charge in [0.15, 0.2) is 0 Å². The van der Waals surface area contributed by atoms with Crippen LogP contribution in [-0.4, -0.2) is 16.8 Å². The van der Waals surface area contributed by atoms with Crippen LogP contribution in [0.2, 0.25) is 0 Å². The molecule has 3 rings (SSSR count). The molecular formula is C17H13ClF3N3O2S. The van der Waals surface area contributed by atoms with E-state index in [1.54, 1.807) is 0 Å². The summed E-state index contributed by atoms with van der Waals surface area (Å²) in [6, 6.07) is 4.26. The van der Waals surface area contributed by atoms with Gasteiger partial charge in [0, 0.05) is 34.5 Å². The second-order valence-electron chi connectivity index (χ2n) is 5.82. The molecule has 142 valence electrons. The summed E-state index contributed by atoms with van der Waals surface area (Å²) < 4.78 is 41.3. The van der Waals surface area contributed by atoms with Crippen LogP contribution in [0, 0.1) is 0 Å². The van der Waals surface area contributed by atoms with E-state index in [-0.39, 0.29) is 13.0 Å². The lowest BCUT2D eigenvalue weighted by atomic mass is 9.99. The average Bonchev–Trinajstić information content (AvgIpc) is 2.95. The van der Waals surface area contributed by atoms with Gasteiger partial charge in [-0.1, -0.05) is 29.8 Å². The molecule has 1 aliphatic heterocycles. The van der Waals surface area contributed by atoms with E-state index in [0.29, 0.717) is 26.8 Å². The van der Waals surface area contributed by atoms with Crippen molar-refractivity contribution in [1.29, 1.82) is 0 Å². The molecule has 0 bridgehead atoms. The number of primary amides is 1. The lowest BCUT2D eigenvalue weighted by Crippen LogP contribution is -2.28. The predicted molar refractivity (Wildman–Crippen MR) is 96.0 cm³/mol. The van der Waals surface area contributed by atoms with Crippen LogP contribution < -0.4 is 10.5 Å². The lowest BCUT2D eigenvalue weighted by Gasteiger charge is -2.21. The summed E-state index contributed by atoms with van der Waals surface area (Å²) in [7, 11) is 0. The number of hydrogen-bond acceptors (Lipinski definition) is 3. The number of alkyl halides is 3. The third kappa shape index (κ3) is 4.14. The van der Waals surface area contributed by atoms with E-state index in [2.05, 4.69) is 4.72 Å². The molecule has 10 heteroatoms. The van der Waals surface area contributed by atoms with Crippen molar-refractivity contribution in [1.82, 2.24) is 9.62 Å². The number of allylic oxidation sites excluding steroid dienone is 4. The number of benzene rings is 1. The fraction of sp³-hybridized carbons (Fsp3) is 0.176. The maximum Gasteiger partial charge on any atom is 0.416 e. The molecule has 5 nitrogen and oxygen atoms in total. The van der Waals surface area contributed by atoms with Gasteiger partial charge in [-0.05, 0) is 23.8 Å². The van der Waals surface area contributed by atoms with Crippen molar-refractivity contribution in [2.75, 3.05) is 0 Å². The van der Waals surface area contributed by atoms with Crippen LogP contribution >= 0.6 is 23.5 Å². The van der Waals surface area contributed by atoms with E-state index in [4.69, 9.17) is 17.3 Å². The molecular weight excluding hydrogens is 403 g/mol. The van der Waals surface area contributed by atoms with E-state index in [0.717, 1.165) is 24.1 Å². The van der Waals surface area contributed by atoms with Crippen LogP contribution in [0.1, 0.15) is 17.5 Å². The Bertz CT molecular complexity index is 909. The molecule has 1 aliphatic carbocycles. The highest BCUT2D eigenvalue weighted by atomic mass is 35.5. The molecule has 1 saturated heterocycles. The van der Waals surface area contributed by atoms with Gasteiger partial charge in [-0.25, -0.2) is 4.79 Å². The van der Waals surface area contributed by atoms with Crippen molar-refractivity contribution in [2.45, 2.75) is 19.1 Å². The van der Waals surface area contributed by atoms with E-state index in [1.807, 2.05) is 0 Å². The number of halogens is 4. The summed E-state index contributed by atoms with van der Waals surface area (Å²) in [4.78, 5) is 24.9. The molecule has 2 aliphatic rings.